The van der Waals surface area contributed by atoms with Crippen LogP contribution in [0, 0.1) is 18.3 Å². The van der Waals surface area contributed by atoms with E-state index in [9.17, 15) is 0 Å². The molecule has 0 aliphatic rings. The highest BCUT2D eigenvalue weighted by molar-refractivity contribution is 4.66. The van der Waals surface area contributed by atoms with Crippen molar-refractivity contribution in [1.29, 1.82) is 0 Å². The fraction of sp³-hybridized carbons (Fsp3) is 0.923. The second kappa shape index (κ2) is 8.59. The number of unbranched alkanes of at least 4 members (excludes halogenated alkanes) is 1. The van der Waals surface area contributed by atoms with Gasteiger partial charge in [0.1, 0.15) is 0 Å². The maximum Gasteiger partial charge on any atom is -0.0389 e. The molecule has 0 bridgehead atoms. The zero-order chi connectivity index (χ0) is 10.1. The van der Waals surface area contributed by atoms with Crippen molar-refractivity contribution >= 4 is 0 Å². The van der Waals surface area contributed by atoms with E-state index in [1.165, 1.54) is 38.5 Å². The fourth-order valence-corrected chi connectivity index (χ4v) is 1.76. The van der Waals surface area contributed by atoms with Crippen LogP contribution in [0.5, 0.6) is 0 Å². The average molecular weight is 183 g/mol. The SMILES string of the molecule is C[CH]C(C)CCCCC(C)CCC. The van der Waals surface area contributed by atoms with E-state index in [-0.39, 0.29) is 0 Å². The van der Waals surface area contributed by atoms with Crippen LogP contribution in [0.15, 0.2) is 0 Å². The Morgan fingerprint density at radius 1 is 1.00 bits per heavy atom. The van der Waals surface area contributed by atoms with E-state index in [2.05, 4.69) is 34.1 Å². The van der Waals surface area contributed by atoms with Crippen LogP contribution in [-0.4, -0.2) is 0 Å². The van der Waals surface area contributed by atoms with Crippen LogP contribution in [0.4, 0.5) is 0 Å². The van der Waals surface area contributed by atoms with Crippen LogP contribution in [0.3, 0.4) is 0 Å². The molecule has 0 spiro atoms. The summed E-state index contributed by atoms with van der Waals surface area (Å²) in [5.74, 6) is 1.77. The van der Waals surface area contributed by atoms with Gasteiger partial charge in [0.25, 0.3) is 0 Å². The molecule has 13 heavy (non-hydrogen) atoms. The molecule has 0 heterocycles. The van der Waals surface area contributed by atoms with E-state index in [1.807, 2.05) is 0 Å². The number of hydrogen-bond acceptors (Lipinski definition) is 0. The topological polar surface area (TPSA) is 0 Å². The standard InChI is InChI=1S/C13H27/c1-5-9-13(4)11-8-7-10-12(3)6-2/h6,12-13H,5,7-11H2,1-4H3. The van der Waals surface area contributed by atoms with Crippen molar-refractivity contribution in [3.05, 3.63) is 6.42 Å². The lowest BCUT2D eigenvalue weighted by molar-refractivity contribution is 0.442. The third-order valence-corrected chi connectivity index (χ3v) is 2.96. The van der Waals surface area contributed by atoms with Crippen molar-refractivity contribution in [2.24, 2.45) is 11.8 Å². The molecule has 0 nitrogen and oxygen atoms in total. The van der Waals surface area contributed by atoms with Crippen molar-refractivity contribution in [2.45, 2.75) is 66.2 Å². The minimum atomic E-state index is 0.821. The first-order valence-electron chi connectivity index (χ1n) is 6.00. The summed E-state index contributed by atoms with van der Waals surface area (Å²) in [5.41, 5.74) is 0. The van der Waals surface area contributed by atoms with Gasteiger partial charge in [-0.25, -0.2) is 0 Å². The van der Waals surface area contributed by atoms with E-state index < -0.39 is 0 Å². The minimum absolute atomic E-state index is 0.821. The summed E-state index contributed by atoms with van der Waals surface area (Å²) in [4.78, 5) is 0. The van der Waals surface area contributed by atoms with E-state index in [1.54, 1.807) is 0 Å². The second-order valence-corrected chi connectivity index (χ2v) is 4.49. The summed E-state index contributed by atoms with van der Waals surface area (Å²) in [6.45, 7) is 9.16. The quantitative estimate of drug-likeness (QED) is 0.472. The molecule has 1 radical (unpaired) electrons. The van der Waals surface area contributed by atoms with Gasteiger partial charge in [-0.3, -0.25) is 0 Å². The van der Waals surface area contributed by atoms with Gasteiger partial charge in [-0.05, 0) is 18.3 Å². The Kier molecular flexibility index (Phi) is 8.59. The lowest BCUT2D eigenvalue weighted by Crippen LogP contribution is -1.96. The van der Waals surface area contributed by atoms with Crippen molar-refractivity contribution in [3.8, 4) is 0 Å². The molecule has 0 aliphatic carbocycles. The zero-order valence-corrected chi connectivity index (χ0v) is 9.97. The fourth-order valence-electron chi connectivity index (χ4n) is 1.76. The minimum Gasteiger partial charge on any atom is -0.0654 e. The van der Waals surface area contributed by atoms with Crippen LogP contribution < -0.4 is 0 Å². The lowest BCUT2D eigenvalue weighted by Gasteiger charge is -2.11. The number of rotatable bonds is 8. The Balaban J connectivity index is 3.15. The Morgan fingerprint density at radius 2 is 1.62 bits per heavy atom. The zero-order valence-electron chi connectivity index (χ0n) is 9.97. The largest absolute Gasteiger partial charge is 0.0654 e. The Morgan fingerprint density at radius 3 is 2.15 bits per heavy atom. The van der Waals surface area contributed by atoms with Crippen molar-refractivity contribution in [1.82, 2.24) is 0 Å². The molecule has 0 fully saturated rings. The molecule has 0 amide bonds. The molecular formula is C13H27. The molecule has 0 aliphatic heterocycles. The van der Waals surface area contributed by atoms with Crippen LogP contribution in [0.1, 0.15) is 66.2 Å². The van der Waals surface area contributed by atoms with E-state index in [4.69, 9.17) is 0 Å². The molecule has 0 N–H and O–H groups in total. The van der Waals surface area contributed by atoms with Crippen LogP contribution >= 0.6 is 0 Å². The maximum atomic E-state index is 2.39. The molecule has 0 saturated heterocycles. The molecule has 0 heteroatoms. The van der Waals surface area contributed by atoms with Gasteiger partial charge in [0, 0.05) is 0 Å². The van der Waals surface area contributed by atoms with Gasteiger partial charge in [-0.15, -0.1) is 0 Å². The summed E-state index contributed by atoms with van der Waals surface area (Å²) in [5, 5.41) is 0. The Hall–Kier alpha value is 0. The molecule has 79 valence electrons. The maximum absolute atomic E-state index is 2.39. The lowest BCUT2D eigenvalue weighted by atomic mass is 9.95. The van der Waals surface area contributed by atoms with Gasteiger partial charge in [-0.1, -0.05) is 66.2 Å². The smallest absolute Gasteiger partial charge is 0.0389 e. The highest BCUT2D eigenvalue weighted by atomic mass is 14.1. The Bertz CT molecular complexity index is 96.2. The van der Waals surface area contributed by atoms with Gasteiger partial charge < -0.3 is 0 Å². The van der Waals surface area contributed by atoms with E-state index >= 15 is 0 Å². The van der Waals surface area contributed by atoms with Crippen LogP contribution in [-0.2, 0) is 0 Å². The molecule has 0 rings (SSSR count). The monoisotopic (exact) mass is 183 g/mol. The van der Waals surface area contributed by atoms with Crippen molar-refractivity contribution in [3.63, 3.8) is 0 Å². The average Bonchev–Trinajstić information content (AvgIpc) is 2.12. The molecule has 2 atom stereocenters. The highest BCUT2D eigenvalue weighted by Crippen LogP contribution is 2.17. The van der Waals surface area contributed by atoms with Crippen LogP contribution in [0.25, 0.3) is 0 Å². The predicted molar refractivity (Wildman–Crippen MR) is 61.7 cm³/mol. The van der Waals surface area contributed by atoms with Crippen LogP contribution in [0.2, 0.25) is 0 Å². The molecule has 0 aromatic rings. The highest BCUT2D eigenvalue weighted by Gasteiger charge is 2.02. The van der Waals surface area contributed by atoms with E-state index in [0.29, 0.717) is 0 Å². The molecule has 0 saturated carbocycles. The normalized spacial score (nSPS) is 15.7. The summed E-state index contributed by atoms with van der Waals surface area (Å²) in [6, 6.07) is 0. The molecule has 0 aromatic carbocycles. The van der Waals surface area contributed by atoms with E-state index in [0.717, 1.165) is 11.8 Å². The van der Waals surface area contributed by atoms with Gasteiger partial charge in [0.2, 0.25) is 0 Å². The molecular weight excluding hydrogens is 156 g/mol. The van der Waals surface area contributed by atoms with Gasteiger partial charge in [0.15, 0.2) is 0 Å². The third kappa shape index (κ3) is 8.33. The second-order valence-electron chi connectivity index (χ2n) is 4.49. The summed E-state index contributed by atoms with van der Waals surface area (Å²) < 4.78 is 0. The van der Waals surface area contributed by atoms with Gasteiger partial charge in [-0.2, -0.15) is 0 Å². The first-order chi connectivity index (χ1) is 6.20. The first kappa shape index (κ1) is 13.0. The Labute approximate surface area is 85.1 Å². The summed E-state index contributed by atoms with van der Waals surface area (Å²) in [6.07, 6.45) is 10.7. The van der Waals surface area contributed by atoms with Crippen molar-refractivity contribution < 1.29 is 0 Å². The number of hydrogen-bond donors (Lipinski definition) is 0. The molecule has 0 aromatic heterocycles. The summed E-state index contributed by atoms with van der Waals surface area (Å²) >= 11 is 0. The third-order valence-electron chi connectivity index (χ3n) is 2.96. The molecule has 2 unspecified atom stereocenters. The summed E-state index contributed by atoms with van der Waals surface area (Å²) in [7, 11) is 0. The van der Waals surface area contributed by atoms with Gasteiger partial charge in [0.05, 0.1) is 0 Å². The van der Waals surface area contributed by atoms with Gasteiger partial charge >= 0.3 is 0 Å². The van der Waals surface area contributed by atoms with Crippen molar-refractivity contribution in [2.75, 3.05) is 0 Å². The predicted octanol–water partition coefficient (Wildman–Crippen LogP) is 4.84. The first-order valence-corrected chi connectivity index (χ1v) is 6.00.